The third-order valence-corrected chi connectivity index (χ3v) is 3.61. The number of benzene rings is 1. The van der Waals surface area contributed by atoms with Gasteiger partial charge in [-0.3, -0.25) is 4.79 Å². The number of carbonyl (C=O) groups excluding carboxylic acids is 1. The molecule has 2 atom stereocenters. The lowest BCUT2D eigenvalue weighted by Crippen LogP contribution is -2.34. The average Bonchev–Trinajstić information content (AvgIpc) is 3.27. The van der Waals surface area contributed by atoms with Gasteiger partial charge in [-0.1, -0.05) is 0 Å². The average molecular weight is 344 g/mol. The van der Waals surface area contributed by atoms with Crippen molar-refractivity contribution in [3.63, 3.8) is 0 Å². The molecule has 130 valence electrons. The van der Waals surface area contributed by atoms with E-state index in [1.807, 2.05) is 0 Å². The first-order valence-corrected chi connectivity index (χ1v) is 7.73. The van der Waals surface area contributed by atoms with Crippen LogP contribution in [0.2, 0.25) is 0 Å². The number of halogens is 1. The van der Waals surface area contributed by atoms with Gasteiger partial charge in [0.1, 0.15) is 17.7 Å². The summed E-state index contributed by atoms with van der Waals surface area (Å²) in [6.45, 7) is 1.77. The van der Waals surface area contributed by atoms with Crippen LogP contribution in [0.25, 0.3) is 5.69 Å². The van der Waals surface area contributed by atoms with Crippen LogP contribution in [0.15, 0.2) is 53.3 Å². The highest BCUT2D eigenvalue weighted by molar-refractivity contribution is 5.92. The first-order chi connectivity index (χ1) is 12.0. The first-order valence-electron chi connectivity index (χ1n) is 7.73. The fourth-order valence-electron chi connectivity index (χ4n) is 2.35. The number of hydrogen-bond donors (Lipinski definition) is 2. The summed E-state index contributed by atoms with van der Waals surface area (Å²) in [5, 5.41) is 20.9. The number of carbonyl (C=O) groups is 1. The molecule has 0 fully saturated rings. The summed E-state index contributed by atoms with van der Waals surface area (Å²) in [5.41, 5.74) is 0.672. The molecule has 8 heteroatoms. The van der Waals surface area contributed by atoms with E-state index in [4.69, 9.17) is 4.42 Å². The number of nitrogens with one attached hydrogen (secondary N) is 1. The second kappa shape index (κ2) is 7.27. The van der Waals surface area contributed by atoms with Crippen LogP contribution in [0.3, 0.4) is 0 Å². The minimum atomic E-state index is -0.805. The molecule has 2 aromatic heterocycles. The molecule has 0 aliphatic heterocycles. The third kappa shape index (κ3) is 4.10. The molecule has 0 radical (unpaired) electrons. The molecule has 7 nitrogen and oxygen atoms in total. The number of aliphatic hydroxyl groups excluding tert-OH is 1. The van der Waals surface area contributed by atoms with E-state index >= 15 is 0 Å². The Kier molecular flexibility index (Phi) is 4.90. The Balaban J connectivity index is 1.60. The predicted octanol–water partition coefficient (Wildman–Crippen LogP) is 2.24. The molecule has 1 amide bonds. The smallest absolute Gasteiger partial charge is 0.273 e. The summed E-state index contributed by atoms with van der Waals surface area (Å²) >= 11 is 0. The SMILES string of the molecule is CC(CC(O)c1ccco1)NC(=O)c1cnn(-c2ccc(F)cc2)n1. The van der Waals surface area contributed by atoms with Crippen LogP contribution < -0.4 is 5.32 Å². The van der Waals surface area contributed by atoms with Crippen molar-refractivity contribution in [1.29, 1.82) is 0 Å². The van der Waals surface area contributed by atoms with Gasteiger partial charge < -0.3 is 14.8 Å². The predicted molar refractivity (Wildman–Crippen MR) is 86.5 cm³/mol. The van der Waals surface area contributed by atoms with E-state index in [9.17, 15) is 14.3 Å². The van der Waals surface area contributed by atoms with E-state index in [1.54, 1.807) is 19.1 Å². The Labute approximate surface area is 143 Å². The molecule has 0 aliphatic carbocycles. The fourth-order valence-corrected chi connectivity index (χ4v) is 2.35. The van der Waals surface area contributed by atoms with Crippen molar-refractivity contribution in [2.24, 2.45) is 0 Å². The van der Waals surface area contributed by atoms with Crippen LogP contribution in [0.5, 0.6) is 0 Å². The monoisotopic (exact) mass is 344 g/mol. The molecular formula is C17H17FN4O3. The van der Waals surface area contributed by atoms with Gasteiger partial charge in [-0.2, -0.15) is 9.90 Å². The molecule has 0 saturated heterocycles. The van der Waals surface area contributed by atoms with Gasteiger partial charge in [0, 0.05) is 12.5 Å². The molecule has 2 heterocycles. The number of amides is 1. The van der Waals surface area contributed by atoms with Gasteiger partial charge in [0.15, 0.2) is 5.69 Å². The number of aliphatic hydroxyl groups is 1. The number of nitrogens with zero attached hydrogens (tertiary/aromatic N) is 3. The molecule has 0 saturated carbocycles. The van der Waals surface area contributed by atoms with Gasteiger partial charge in [-0.25, -0.2) is 4.39 Å². The van der Waals surface area contributed by atoms with E-state index in [1.165, 1.54) is 41.5 Å². The zero-order valence-corrected chi connectivity index (χ0v) is 13.5. The second-order valence-electron chi connectivity index (χ2n) is 5.64. The lowest BCUT2D eigenvalue weighted by Gasteiger charge is -2.15. The Morgan fingerprint density at radius 3 is 2.80 bits per heavy atom. The Morgan fingerprint density at radius 1 is 1.36 bits per heavy atom. The van der Waals surface area contributed by atoms with E-state index in [0.29, 0.717) is 17.9 Å². The molecule has 25 heavy (non-hydrogen) atoms. The number of rotatable bonds is 6. The minimum Gasteiger partial charge on any atom is -0.467 e. The number of furan rings is 1. The van der Waals surface area contributed by atoms with E-state index in [0.717, 1.165) is 0 Å². The number of hydrogen-bond acceptors (Lipinski definition) is 5. The summed E-state index contributed by atoms with van der Waals surface area (Å²) in [6, 6.07) is 8.66. The quantitative estimate of drug-likeness (QED) is 0.715. The maximum absolute atomic E-state index is 12.9. The van der Waals surface area contributed by atoms with Crippen LogP contribution in [0.4, 0.5) is 4.39 Å². The summed E-state index contributed by atoms with van der Waals surface area (Å²) in [6.07, 6.45) is 2.30. The van der Waals surface area contributed by atoms with Gasteiger partial charge in [-0.15, -0.1) is 5.10 Å². The van der Waals surface area contributed by atoms with Crippen LogP contribution in [0.1, 0.15) is 35.7 Å². The third-order valence-electron chi connectivity index (χ3n) is 3.61. The van der Waals surface area contributed by atoms with Crippen LogP contribution in [-0.4, -0.2) is 32.0 Å². The topological polar surface area (TPSA) is 93.2 Å². The molecular weight excluding hydrogens is 327 g/mol. The molecule has 3 aromatic rings. The molecule has 3 rings (SSSR count). The van der Waals surface area contributed by atoms with Crippen molar-refractivity contribution < 1.29 is 18.7 Å². The lowest BCUT2D eigenvalue weighted by molar-refractivity contribution is 0.0898. The summed E-state index contributed by atoms with van der Waals surface area (Å²) < 4.78 is 18.1. The fraction of sp³-hybridized carbons (Fsp3) is 0.235. The molecule has 2 N–H and O–H groups in total. The van der Waals surface area contributed by atoms with Gasteiger partial charge in [-0.05, 0) is 43.3 Å². The lowest BCUT2D eigenvalue weighted by atomic mass is 10.1. The highest BCUT2D eigenvalue weighted by atomic mass is 19.1. The normalized spacial score (nSPS) is 13.4. The Bertz CT molecular complexity index is 830. The van der Waals surface area contributed by atoms with Gasteiger partial charge >= 0.3 is 0 Å². The van der Waals surface area contributed by atoms with Gasteiger partial charge in [0.25, 0.3) is 5.91 Å². The van der Waals surface area contributed by atoms with Gasteiger partial charge in [0.2, 0.25) is 0 Å². The van der Waals surface area contributed by atoms with E-state index in [2.05, 4.69) is 15.5 Å². The molecule has 0 aliphatic rings. The van der Waals surface area contributed by atoms with Crippen molar-refractivity contribution in [1.82, 2.24) is 20.3 Å². The first kappa shape index (κ1) is 16.8. The molecule has 0 bridgehead atoms. The van der Waals surface area contributed by atoms with Crippen LogP contribution in [-0.2, 0) is 0 Å². The maximum Gasteiger partial charge on any atom is 0.273 e. The largest absolute Gasteiger partial charge is 0.467 e. The van der Waals surface area contributed by atoms with Crippen molar-refractivity contribution >= 4 is 5.91 Å². The van der Waals surface area contributed by atoms with Crippen LogP contribution >= 0.6 is 0 Å². The highest BCUT2D eigenvalue weighted by Gasteiger charge is 2.18. The molecule has 1 aromatic carbocycles. The van der Waals surface area contributed by atoms with Crippen LogP contribution in [0, 0.1) is 5.82 Å². The highest BCUT2D eigenvalue weighted by Crippen LogP contribution is 2.18. The van der Waals surface area contributed by atoms with Crippen molar-refractivity contribution in [3.05, 3.63) is 66.1 Å². The van der Waals surface area contributed by atoms with Crippen molar-refractivity contribution in [3.8, 4) is 5.69 Å². The van der Waals surface area contributed by atoms with Crippen molar-refractivity contribution in [2.75, 3.05) is 0 Å². The maximum atomic E-state index is 12.9. The minimum absolute atomic E-state index is 0.128. The molecule has 2 unspecified atom stereocenters. The number of aromatic nitrogens is 3. The zero-order valence-electron chi connectivity index (χ0n) is 13.5. The van der Waals surface area contributed by atoms with Crippen molar-refractivity contribution in [2.45, 2.75) is 25.5 Å². The molecule has 0 spiro atoms. The van der Waals surface area contributed by atoms with E-state index < -0.39 is 12.0 Å². The summed E-state index contributed by atoms with van der Waals surface area (Å²) in [5.74, 6) is -0.325. The summed E-state index contributed by atoms with van der Waals surface area (Å²) in [7, 11) is 0. The van der Waals surface area contributed by atoms with Gasteiger partial charge in [0.05, 0.1) is 18.1 Å². The second-order valence-corrected chi connectivity index (χ2v) is 5.64. The van der Waals surface area contributed by atoms with E-state index in [-0.39, 0.29) is 17.6 Å². The standard InChI is InChI=1S/C17H17FN4O3/c1-11(9-15(23)16-3-2-8-25-16)20-17(24)14-10-19-22(21-14)13-6-4-12(18)5-7-13/h2-8,10-11,15,23H,9H2,1H3,(H,20,24). The zero-order chi connectivity index (χ0) is 17.8. The summed E-state index contributed by atoms with van der Waals surface area (Å²) in [4.78, 5) is 13.5. The Hall–Kier alpha value is -3.00. The Morgan fingerprint density at radius 2 is 2.12 bits per heavy atom.